The van der Waals surface area contributed by atoms with Crippen molar-refractivity contribution < 1.29 is 9.53 Å². The van der Waals surface area contributed by atoms with E-state index in [-0.39, 0.29) is 11.8 Å². The number of anilines is 1. The number of carbonyl (C=O) groups is 1. The van der Waals surface area contributed by atoms with Crippen molar-refractivity contribution in [2.45, 2.75) is 39.5 Å². The molecule has 1 aromatic rings. The molecule has 1 amide bonds. The summed E-state index contributed by atoms with van der Waals surface area (Å²) in [5.41, 5.74) is 6.19. The molecule has 0 saturated heterocycles. The molecule has 0 unspecified atom stereocenters. The largest absolute Gasteiger partial charge is 0.492 e. The maximum Gasteiger partial charge on any atom is 0.227 e. The van der Waals surface area contributed by atoms with E-state index < -0.39 is 0 Å². The fraction of sp³-hybridized carbons (Fsp3) is 0.562. The van der Waals surface area contributed by atoms with Crippen LogP contribution in [0.25, 0.3) is 0 Å². The monoisotopic (exact) mass is 278 g/mol. The Hall–Kier alpha value is -1.55. The van der Waals surface area contributed by atoms with Crippen LogP contribution in [0, 0.1) is 5.92 Å². The smallest absolute Gasteiger partial charge is 0.227 e. The van der Waals surface area contributed by atoms with E-state index in [1.165, 1.54) is 0 Å². The second kappa shape index (κ2) is 9.37. The van der Waals surface area contributed by atoms with Crippen molar-refractivity contribution in [2.24, 2.45) is 11.7 Å². The Balaban J connectivity index is 2.63. The quantitative estimate of drug-likeness (QED) is 0.729. The number of rotatable bonds is 9. The maximum atomic E-state index is 12.2. The molecule has 3 N–H and O–H groups in total. The van der Waals surface area contributed by atoms with Gasteiger partial charge in [0.25, 0.3) is 0 Å². The molecule has 0 radical (unpaired) electrons. The molecular weight excluding hydrogens is 252 g/mol. The molecule has 0 heterocycles. The van der Waals surface area contributed by atoms with E-state index in [1.54, 1.807) is 0 Å². The van der Waals surface area contributed by atoms with Gasteiger partial charge in [-0.15, -0.1) is 0 Å². The van der Waals surface area contributed by atoms with E-state index in [9.17, 15) is 4.79 Å². The Morgan fingerprint density at radius 3 is 2.60 bits per heavy atom. The summed E-state index contributed by atoms with van der Waals surface area (Å²) >= 11 is 0. The third kappa shape index (κ3) is 5.61. The number of benzene rings is 1. The summed E-state index contributed by atoms with van der Waals surface area (Å²) in [6, 6.07) is 7.45. The maximum absolute atomic E-state index is 12.2. The summed E-state index contributed by atoms with van der Waals surface area (Å²) in [6.45, 7) is 5.17. The lowest BCUT2D eigenvalue weighted by molar-refractivity contribution is -0.120. The molecule has 0 spiro atoms. The summed E-state index contributed by atoms with van der Waals surface area (Å²) < 4.78 is 5.46. The van der Waals surface area contributed by atoms with Crippen molar-refractivity contribution in [3.63, 3.8) is 0 Å². The first-order chi connectivity index (χ1) is 9.71. The minimum absolute atomic E-state index is 0.0959. The van der Waals surface area contributed by atoms with Crippen LogP contribution in [0.4, 0.5) is 5.69 Å². The normalized spacial score (nSPS) is 10.6. The van der Waals surface area contributed by atoms with Gasteiger partial charge >= 0.3 is 0 Å². The minimum Gasteiger partial charge on any atom is -0.492 e. The van der Waals surface area contributed by atoms with Gasteiger partial charge in [0.15, 0.2) is 0 Å². The van der Waals surface area contributed by atoms with Gasteiger partial charge in [-0.3, -0.25) is 4.79 Å². The highest BCUT2D eigenvalue weighted by molar-refractivity contribution is 5.92. The molecule has 0 bridgehead atoms. The molecule has 0 aromatic heterocycles. The Morgan fingerprint density at radius 1 is 1.30 bits per heavy atom. The van der Waals surface area contributed by atoms with Crippen molar-refractivity contribution in [2.75, 3.05) is 18.5 Å². The number of amides is 1. The first-order valence-electron chi connectivity index (χ1n) is 7.45. The zero-order valence-corrected chi connectivity index (χ0v) is 12.5. The zero-order chi connectivity index (χ0) is 14.8. The van der Waals surface area contributed by atoms with Crippen molar-refractivity contribution in [3.8, 4) is 5.75 Å². The number of hydrogen-bond acceptors (Lipinski definition) is 3. The third-order valence-corrected chi connectivity index (χ3v) is 3.13. The van der Waals surface area contributed by atoms with Crippen molar-refractivity contribution in [1.29, 1.82) is 0 Å². The highest BCUT2D eigenvalue weighted by Crippen LogP contribution is 2.20. The first kappa shape index (κ1) is 16.5. The van der Waals surface area contributed by atoms with Crippen LogP contribution < -0.4 is 15.8 Å². The molecule has 0 aliphatic carbocycles. The third-order valence-electron chi connectivity index (χ3n) is 3.13. The van der Waals surface area contributed by atoms with Crippen LogP contribution in [0.5, 0.6) is 5.75 Å². The van der Waals surface area contributed by atoms with Crippen molar-refractivity contribution in [1.82, 2.24) is 0 Å². The number of nitrogens with one attached hydrogen (secondary N) is 1. The van der Waals surface area contributed by atoms with Crippen molar-refractivity contribution >= 4 is 11.6 Å². The fourth-order valence-corrected chi connectivity index (χ4v) is 2.19. The summed E-state index contributed by atoms with van der Waals surface area (Å²) in [4.78, 5) is 12.2. The van der Waals surface area contributed by atoms with Crippen LogP contribution in [0.3, 0.4) is 0 Å². The Bertz CT molecular complexity index is 401. The van der Waals surface area contributed by atoms with Gasteiger partial charge in [0, 0.05) is 24.2 Å². The highest BCUT2D eigenvalue weighted by Gasteiger charge is 2.16. The predicted octanol–water partition coefficient (Wildman–Crippen LogP) is 3.18. The fourth-order valence-electron chi connectivity index (χ4n) is 2.19. The number of nitrogens with two attached hydrogens (primary N) is 1. The van der Waals surface area contributed by atoms with Gasteiger partial charge in [-0.2, -0.15) is 0 Å². The summed E-state index contributed by atoms with van der Waals surface area (Å²) in [5, 5.41) is 2.98. The average molecular weight is 278 g/mol. The van der Waals surface area contributed by atoms with Gasteiger partial charge in [-0.1, -0.05) is 32.8 Å². The van der Waals surface area contributed by atoms with E-state index in [2.05, 4.69) is 19.2 Å². The highest BCUT2D eigenvalue weighted by atomic mass is 16.5. The lowest BCUT2D eigenvalue weighted by Gasteiger charge is -2.15. The number of ether oxygens (including phenoxy) is 1. The SMILES string of the molecule is CCCC(CCC)C(=O)Nc1cccc(OCCN)c1. The second-order valence-corrected chi connectivity index (χ2v) is 4.93. The summed E-state index contributed by atoms with van der Waals surface area (Å²) in [6.07, 6.45) is 3.92. The molecule has 1 rings (SSSR count). The zero-order valence-electron chi connectivity index (χ0n) is 12.5. The molecule has 0 fully saturated rings. The first-order valence-corrected chi connectivity index (χ1v) is 7.45. The lowest BCUT2D eigenvalue weighted by Crippen LogP contribution is -2.22. The Morgan fingerprint density at radius 2 is 2.00 bits per heavy atom. The summed E-state index contributed by atoms with van der Waals surface area (Å²) in [5.74, 6) is 0.930. The van der Waals surface area contributed by atoms with E-state index in [1.807, 2.05) is 24.3 Å². The van der Waals surface area contributed by atoms with Gasteiger partial charge in [0.2, 0.25) is 5.91 Å². The van der Waals surface area contributed by atoms with Crippen LogP contribution in [-0.4, -0.2) is 19.1 Å². The van der Waals surface area contributed by atoms with Gasteiger partial charge in [-0.25, -0.2) is 0 Å². The van der Waals surface area contributed by atoms with Crippen LogP contribution in [0.15, 0.2) is 24.3 Å². The molecular formula is C16H26N2O2. The lowest BCUT2D eigenvalue weighted by atomic mass is 9.97. The van der Waals surface area contributed by atoms with Crippen LogP contribution in [-0.2, 0) is 4.79 Å². The van der Waals surface area contributed by atoms with Gasteiger partial charge in [0.1, 0.15) is 12.4 Å². The number of carbonyl (C=O) groups excluding carboxylic acids is 1. The van der Waals surface area contributed by atoms with Crippen LogP contribution in [0.1, 0.15) is 39.5 Å². The van der Waals surface area contributed by atoms with E-state index in [4.69, 9.17) is 10.5 Å². The van der Waals surface area contributed by atoms with Crippen LogP contribution >= 0.6 is 0 Å². The molecule has 112 valence electrons. The standard InChI is InChI=1S/C16H26N2O2/c1-3-6-13(7-4-2)16(19)18-14-8-5-9-15(12-14)20-11-10-17/h5,8-9,12-13H,3-4,6-7,10-11,17H2,1-2H3,(H,18,19). The van der Waals surface area contributed by atoms with Crippen LogP contribution in [0.2, 0.25) is 0 Å². The molecule has 0 aliphatic rings. The average Bonchev–Trinajstić information content (AvgIpc) is 2.45. The molecule has 0 atom stereocenters. The molecule has 4 heteroatoms. The molecule has 4 nitrogen and oxygen atoms in total. The van der Waals surface area contributed by atoms with E-state index in [0.717, 1.165) is 37.1 Å². The van der Waals surface area contributed by atoms with Crippen molar-refractivity contribution in [3.05, 3.63) is 24.3 Å². The van der Waals surface area contributed by atoms with E-state index >= 15 is 0 Å². The Labute approximate surface area is 121 Å². The molecule has 20 heavy (non-hydrogen) atoms. The summed E-state index contributed by atoms with van der Waals surface area (Å²) in [7, 11) is 0. The van der Waals surface area contributed by atoms with Gasteiger partial charge < -0.3 is 15.8 Å². The number of hydrogen-bond donors (Lipinski definition) is 2. The van der Waals surface area contributed by atoms with Gasteiger partial charge in [0.05, 0.1) is 0 Å². The van der Waals surface area contributed by atoms with Gasteiger partial charge in [-0.05, 0) is 25.0 Å². The molecule has 0 aliphatic heterocycles. The Kier molecular flexibility index (Phi) is 7.73. The molecule has 0 saturated carbocycles. The minimum atomic E-state index is 0.0959. The second-order valence-electron chi connectivity index (χ2n) is 4.93. The van der Waals surface area contributed by atoms with E-state index in [0.29, 0.717) is 13.2 Å². The topological polar surface area (TPSA) is 64.3 Å². The predicted molar refractivity (Wildman–Crippen MR) is 82.9 cm³/mol. The molecule has 1 aromatic carbocycles.